The number of fused-ring (bicyclic) bond motifs is 1. The Hall–Kier alpha value is -1.02. The van der Waals surface area contributed by atoms with Gasteiger partial charge in [0.2, 0.25) is 0 Å². The van der Waals surface area contributed by atoms with Gasteiger partial charge in [0.25, 0.3) is 0 Å². The van der Waals surface area contributed by atoms with Crippen molar-refractivity contribution in [3.8, 4) is 5.75 Å². The fraction of sp³-hybridized carbons (Fsp3) is 0.400. The molecule has 0 saturated heterocycles. The highest BCUT2D eigenvalue weighted by Gasteiger charge is 2.34. The summed E-state index contributed by atoms with van der Waals surface area (Å²) in [5, 5.41) is 19.4. The van der Waals surface area contributed by atoms with Crippen molar-refractivity contribution in [3.05, 3.63) is 29.3 Å². The fourth-order valence-electron chi connectivity index (χ4n) is 1.92. The van der Waals surface area contributed by atoms with E-state index in [9.17, 15) is 10.2 Å². The minimum atomic E-state index is -0.833. The van der Waals surface area contributed by atoms with Crippen LogP contribution in [0, 0.1) is 0 Å². The van der Waals surface area contributed by atoms with Crippen molar-refractivity contribution >= 4 is 0 Å². The Morgan fingerprint density at radius 2 is 2.17 bits per heavy atom. The molecule has 1 unspecified atom stereocenters. The largest absolute Gasteiger partial charge is 0.508 e. The number of phenols is 1. The Kier molecular flexibility index (Phi) is 1.42. The Bertz CT molecular complexity index is 316. The van der Waals surface area contributed by atoms with Gasteiger partial charge in [-0.25, -0.2) is 0 Å². The first-order chi connectivity index (χ1) is 5.61. The number of aliphatic hydroxyl groups is 1. The van der Waals surface area contributed by atoms with E-state index in [0.717, 1.165) is 12.0 Å². The van der Waals surface area contributed by atoms with E-state index in [-0.39, 0.29) is 5.75 Å². The highest BCUT2D eigenvalue weighted by atomic mass is 16.3. The number of hydrogen-bond acceptors (Lipinski definition) is 2. The zero-order valence-corrected chi connectivity index (χ0v) is 7.04. The van der Waals surface area contributed by atoms with Crippen LogP contribution in [0.1, 0.15) is 24.5 Å². The molecule has 0 amide bonds. The van der Waals surface area contributed by atoms with Gasteiger partial charge in [-0.1, -0.05) is 12.1 Å². The van der Waals surface area contributed by atoms with Crippen molar-refractivity contribution in [1.29, 1.82) is 0 Å². The Balaban J connectivity index is 2.64. The number of benzene rings is 1. The van der Waals surface area contributed by atoms with Crippen molar-refractivity contribution < 1.29 is 10.2 Å². The van der Waals surface area contributed by atoms with Crippen molar-refractivity contribution in [2.75, 3.05) is 0 Å². The minimum Gasteiger partial charge on any atom is -0.508 e. The molecule has 1 atom stereocenters. The van der Waals surface area contributed by atoms with Gasteiger partial charge in [-0.3, -0.25) is 0 Å². The number of phenolic OH excluding ortho intramolecular Hbond substituents is 1. The molecule has 0 spiro atoms. The van der Waals surface area contributed by atoms with Crippen molar-refractivity contribution in [1.82, 2.24) is 0 Å². The molecule has 1 aliphatic rings. The second-order valence-electron chi connectivity index (χ2n) is 3.59. The quantitative estimate of drug-likeness (QED) is 0.610. The first-order valence-electron chi connectivity index (χ1n) is 4.15. The zero-order valence-electron chi connectivity index (χ0n) is 7.04. The molecule has 0 radical (unpaired) electrons. The van der Waals surface area contributed by atoms with Gasteiger partial charge in [0.15, 0.2) is 0 Å². The van der Waals surface area contributed by atoms with Crippen molar-refractivity contribution in [3.63, 3.8) is 0 Å². The van der Waals surface area contributed by atoms with Crippen LogP contribution in [0.4, 0.5) is 0 Å². The molecule has 0 saturated carbocycles. The summed E-state index contributed by atoms with van der Waals surface area (Å²) in [7, 11) is 0. The highest BCUT2D eigenvalue weighted by molar-refractivity contribution is 5.46. The standard InChI is InChI=1S/C10H12O2/c1-10(12)6-5-7-3-2-4-8(11)9(7)10/h2-4,11-12H,5-6H2,1H3. The van der Waals surface area contributed by atoms with Crippen LogP contribution in [0.5, 0.6) is 5.75 Å². The van der Waals surface area contributed by atoms with E-state index in [0.29, 0.717) is 12.0 Å². The molecule has 1 aromatic carbocycles. The Morgan fingerprint density at radius 1 is 1.42 bits per heavy atom. The lowest BCUT2D eigenvalue weighted by atomic mass is 9.98. The second kappa shape index (κ2) is 2.23. The molecule has 2 nitrogen and oxygen atoms in total. The average molecular weight is 164 g/mol. The monoisotopic (exact) mass is 164 g/mol. The van der Waals surface area contributed by atoms with Gasteiger partial charge < -0.3 is 10.2 Å². The second-order valence-corrected chi connectivity index (χ2v) is 3.59. The number of hydrogen-bond donors (Lipinski definition) is 2. The van der Waals surface area contributed by atoms with E-state index in [4.69, 9.17) is 0 Å². The molecular weight excluding hydrogens is 152 g/mol. The van der Waals surface area contributed by atoms with Crippen LogP contribution < -0.4 is 0 Å². The van der Waals surface area contributed by atoms with E-state index >= 15 is 0 Å². The lowest BCUT2D eigenvalue weighted by Gasteiger charge is -2.18. The zero-order chi connectivity index (χ0) is 8.77. The van der Waals surface area contributed by atoms with E-state index < -0.39 is 5.60 Å². The van der Waals surface area contributed by atoms with Gasteiger partial charge >= 0.3 is 0 Å². The van der Waals surface area contributed by atoms with E-state index in [1.54, 1.807) is 13.0 Å². The summed E-state index contributed by atoms with van der Waals surface area (Å²) in [6, 6.07) is 5.39. The molecule has 1 aliphatic carbocycles. The molecule has 2 heteroatoms. The first kappa shape index (κ1) is 7.62. The molecule has 64 valence electrons. The van der Waals surface area contributed by atoms with Crippen LogP contribution in [0.3, 0.4) is 0 Å². The molecule has 0 bridgehead atoms. The number of aryl methyl sites for hydroxylation is 1. The Labute approximate surface area is 71.5 Å². The lowest BCUT2D eigenvalue weighted by Crippen LogP contribution is -2.16. The van der Waals surface area contributed by atoms with Crippen LogP contribution in [0.25, 0.3) is 0 Å². The molecule has 2 rings (SSSR count). The van der Waals surface area contributed by atoms with E-state index in [1.807, 2.05) is 12.1 Å². The van der Waals surface area contributed by atoms with Gasteiger partial charge in [0.1, 0.15) is 5.75 Å². The molecule has 0 aromatic heterocycles. The summed E-state index contributed by atoms with van der Waals surface area (Å²) in [6.07, 6.45) is 1.57. The smallest absolute Gasteiger partial charge is 0.121 e. The summed E-state index contributed by atoms with van der Waals surface area (Å²) >= 11 is 0. The normalized spacial score (nSPS) is 27.2. The predicted octanol–water partition coefficient (Wildman–Crippen LogP) is 1.55. The van der Waals surface area contributed by atoms with E-state index in [2.05, 4.69) is 0 Å². The van der Waals surface area contributed by atoms with Crippen molar-refractivity contribution in [2.24, 2.45) is 0 Å². The summed E-state index contributed by atoms with van der Waals surface area (Å²) < 4.78 is 0. The molecule has 0 heterocycles. The molecule has 12 heavy (non-hydrogen) atoms. The van der Waals surface area contributed by atoms with Gasteiger partial charge in [-0.15, -0.1) is 0 Å². The van der Waals surface area contributed by atoms with E-state index in [1.165, 1.54) is 0 Å². The van der Waals surface area contributed by atoms with Crippen LogP contribution in [-0.2, 0) is 12.0 Å². The lowest BCUT2D eigenvalue weighted by molar-refractivity contribution is 0.0572. The predicted molar refractivity (Wildman–Crippen MR) is 46.0 cm³/mol. The maximum absolute atomic E-state index is 9.87. The number of rotatable bonds is 0. The summed E-state index contributed by atoms with van der Waals surface area (Å²) in [5.41, 5.74) is 0.950. The fourth-order valence-corrected chi connectivity index (χ4v) is 1.92. The van der Waals surface area contributed by atoms with Crippen LogP contribution >= 0.6 is 0 Å². The summed E-state index contributed by atoms with van der Waals surface area (Å²) in [5.74, 6) is 0.218. The maximum atomic E-state index is 9.87. The Morgan fingerprint density at radius 3 is 2.83 bits per heavy atom. The SMILES string of the molecule is CC1(O)CCc2cccc(O)c21. The minimum absolute atomic E-state index is 0.218. The molecule has 0 aliphatic heterocycles. The molecule has 0 fully saturated rings. The van der Waals surface area contributed by atoms with Gasteiger partial charge in [0, 0.05) is 5.56 Å². The average Bonchev–Trinajstić information content (AvgIpc) is 2.29. The molecule has 1 aromatic rings. The third-order valence-corrected chi connectivity index (χ3v) is 2.55. The highest BCUT2D eigenvalue weighted by Crippen LogP contribution is 2.41. The summed E-state index contributed by atoms with van der Waals surface area (Å²) in [6.45, 7) is 1.75. The van der Waals surface area contributed by atoms with Gasteiger partial charge in [-0.05, 0) is 31.4 Å². The summed E-state index contributed by atoms with van der Waals surface area (Å²) in [4.78, 5) is 0. The van der Waals surface area contributed by atoms with Gasteiger partial charge in [0.05, 0.1) is 5.60 Å². The maximum Gasteiger partial charge on any atom is 0.121 e. The first-order valence-corrected chi connectivity index (χ1v) is 4.15. The third kappa shape index (κ3) is 0.916. The van der Waals surface area contributed by atoms with Crippen molar-refractivity contribution in [2.45, 2.75) is 25.4 Å². The molecule has 2 N–H and O–H groups in total. The van der Waals surface area contributed by atoms with Gasteiger partial charge in [-0.2, -0.15) is 0 Å². The van der Waals surface area contributed by atoms with Crippen LogP contribution in [-0.4, -0.2) is 10.2 Å². The topological polar surface area (TPSA) is 40.5 Å². The van der Waals surface area contributed by atoms with Crippen LogP contribution in [0.15, 0.2) is 18.2 Å². The number of aromatic hydroxyl groups is 1. The third-order valence-electron chi connectivity index (χ3n) is 2.55. The molecular formula is C10H12O2. The van der Waals surface area contributed by atoms with Crippen LogP contribution in [0.2, 0.25) is 0 Å².